The van der Waals surface area contributed by atoms with E-state index >= 15 is 0 Å². The van der Waals surface area contributed by atoms with Gasteiger partial charge in [-0.25, -0.2) is 9.97 Å². The van der Waals surface area contributed by atoms with E-state index in [-0.39, 0.29) is 11.7 Å². The predicted molar refractivity (Wildman–Crippen MR) is 113 cm³/mol. The van der Waals surface area contributed by atoms with E-state index in [9.17, 15) is 4.79 Å². The molecule has 0 saturated carbocycles. The maximum absolute atomic E-state index is 13.0. The lowest BCUT2D eigenvalue weighted by Gasteiger charge is -2.49. The van der Waals surface area contributed by atoms with Gasteiger partial charge in [0.25, 0.3) is 5.91 Å². The van der Waals surface area contributed by atoms with Crippen LogP contribution in [0.5, 0.6) is 0 Å². The van der Waals surface area contributed by atoms with Gasteiger partial charge in [-0.15, -0.1) is 0 Å². The number of methoxy groups -OCH3 is 1. The van der Waals surface area contributed by atoms with Gasteiger partial charge in [-0.1, -0.05) is 30.3 Å². The van der Waals surface area contributed by atoms with Crippen molar-refractivity contribution in [3.05, 3.63) is 70.9 Å². The highest BCUT2D eigenvalue weighted by atomic mass is 16.5. The van der Waals surface area contributed by atoms with E-state index in [4.69, 9.17) is 4.74 Å². The summed E-state index contributed by atoms with van der Waals surface area (Å²) in [6.45, 7) is 5.50. The number of rotatable bonds is 7. The van der Waals surface area contributed by atoms with Crippen molar-refractivity contribution in [1.29, 1.82) is 0 Å². The van der Waals surface area contributed by atoms with Crippen LogP contribution in [0, 0.1) is 13.8 Å². The highest BCUT2D eigenvalue weighted by Crippen LogP contribution is 2.35. The Morgan fingerprint density at radius 1 is 1.23 bits per heavy atom. The minimum atomic E-state index is -0.470. The number of aryl methyl sites for hydroxylation is 1. The Morgan fingerprint density at radius 3 is 2.67 bits per heavy atom. The Hall–Kier alpha value is -3.26. The van der Waals surface area contributed by atoms with E-state index < -0.39 is 5.60 Å². The van der Waals surface area contributed by atoms with Crippen LogP contribution in [0.4, 0.5) is 5.82 Å². The molecule has 156 valence electrons. The summed E-state index contributed by atoms with van der Waals surface area (Å²) in [7, 11) is 1.68. The monoisotopic (exact) mass is 406 g/mol. The topological polar surface area (TPSA) is 96.0 Å². The van der Waals surface area contributed by atoms with Crippen LogP contribution in [-0.4, -0.2) is 57.7 Å². The summed E-state index contributed by atoms with van der Waals surface area (Å²) in [5.74, 6) is 0.720. The third kappa shape index (κ3) is 3.78. The smallest absolute Gasteiger partial charge is 0.291 e. The molecular formula is C22H26N6O2. The fourth-order valence-electron chi connectivity index (χ4n) is 3.66. The molecule has 0 unspecified atom stereocenters. The van der Waals surface area contributed by atoms with Crippen LogP contribution < -0.4 is 5.32 Å². The summed E-state index contributed by atoms with van der Waals surface area (Å²) in [5, 5.41) is 10.1. The Labute approximate surface area is 175 Å². The zero-order valence-corrected chi connectivity index (χ0v) is 17.5. The number of aromatic nitrogens is 4. The highest BCUT2D eigenvalue weighted by molar-refractivity contribution is 5.92. The number of amides is 1. The number of nitrogens with zero attached hydrogens (tertiary/aromatic N) is 4. The van der Waals surface area contributed by atoms with E-state index in [1.807, 2.05) is 50.4 Å². The molecule has 1 aliphatic rings. The maximum Gasteiger partial charge on any atom is 0.291 e. The van der Waals surface area contributed by atoms with Gasteiger partial charge in [0, 0.05) is 31.1 Å². The van der Waals surface area contributed by atoms with E-state index in [0.717, 1.165) is 28.8 Å². The molecule has 0 bridgehead atoms. The molecule has 0 spiro atoms. The summed E-state index contributed by atoms with van der Waals surface area (Å²) < 4.78 is 5.78. The van der Waals surface area contributed by atoms with Crippen LogP contribution in [0.15, 0.2) is 42.7 Å². The minimum absolute atomic E-state index is 0.181. The average Bonchev–Trinajstić information content (AvgIpc) is 3.25. The summed E-state index contributed by atoms with van der Waals surface area (Å²) in [5.41, 5.74) is 3.44. The Morgan fingerprint density at radius 2 is 2.00 bits per heavy atom. The van der Waals surface area contributed by atoms with Crippen LogP contribution in [0.25, 0.3) is 0 Å². The van der Waals surface area contributed by atoms with E-state index in [0.29, 0.717) is 25.5 Å². The second-order valence-corrected chi connectivity index (χ2v) is 7.62. The van der Waals surface area contributed by atoms with Crippen LogP contribution in [0.1, 0.15) is 33.0 Å². The largest absolute Gasteiger partial charge is 0.370 e. The quantitative estimate of drug-likeness (QED) is 0.626. The van der Waals surface area contributed by atoms with Gasteiger partial charge in [-0.05, 0) is 31.4 Å². The first-order chi connectivity index (χ1) is 14.5. The standard InChI is InChI=1S/C22H26N6O2/c1-15-16(2)26-20(27-19(15)23-10-9-17-11-24-25-12-17)21(29)28-13-22(14-28,30-3)18-7-5-4-6-8-18/h4-8,11-12H,9-10,13-14H2,1-3H3,(H,24,25)(H,23,26,27). The third-order valence-electron chi connectivity index (χ3n) is 5.71. The number of ether oxygens (including phenoxy) is 1. The lowest BCUT2D eigenvalue weighted by Crippen LogP contribution is -2.62. The number of anilines is 1. The van der Waals surface area contributed by atoms with Gasteiger partial charge < -0.3 is 15.0 Å². The second-order valence-electron chi connectivity index (χ2n) is 7.62. The third-order valence-corrected chi connectivity index (χ3v) is 5.71. The van der Waals surface area contributed by atoms with Crippen molar-refractivity contribution < 1.29 is 9.53 Å². The van der Waals surface area contributed by atoms with Gasteiger partial charge >= 0.3 is 0 Å². The number of nitrogens with one attached hydrogen (secondary N) is 2. The fourth-order valence-corrected chi connectivity index (χ4v) is 3.66. The molecule has 3 aromatic rings. The highest BCUT2D eigenvalue weighted by Gasteiger charge is 2.47. The molecule has 2 N–H and O–H groups in total. The first-order valence-electron chi connectivity index (χ1n) is 9.99. The average molecular weight is 406 g/mol. The number of aromatic amines is 1. The summed E-state index contributed by atoms with van der Waals surface area (Å²) in [4.78, 5) is 23.7. The molecule has 1 fully saturated rings. The Balaban J connectivity index is 1.46. The van der Waals surface area contributed by atoms with Gasteiger partial charge in [0.15, 0.2) is 0 Å². The number of H-pyrrole nitrogens is 1. The van der Waals surface area contributed by atoms with Crippen molar-refractivity contribution in [2.75, 3.05) is 32.1 Å². The van der Waals surface area contributed by atoms with Gasteiger partial charge in [-0.3, -0.25) is 9.89 Å². The number of likely N-dealkylation sites (tertiary alicyclic amines) is 1. The first-order valence-corrected chi connectivity index (χ1v) is 9.99. The molecule has 1 aromatic carbocycles. The molecule has 0 atom stereocenters. The molecular weight excluding hydrogens is 380 g/mol. The molecule has 0 radical (unpaired) electrons. The lowest BCUT2D eigenvalue weighted by atomic mass is 9.85. The van der Waals surface area contributed by atoms with E-state index in [1.165, 1.54) is 0 Å². The SMILES string of the molecule is COC1(c2ccccc2)CN(C(=O)c2nc(C)c(C)c(NCCc3cn[nH]c3)n2)C1. The van der Waals surface area contributed by atoms with Gasteiger partial charge in [-0.2, -0.15) is 5.10 Å². The number of benzene rings is 1. The van der Waals surface area contributed by atoms with Crippen molar-refractivity contribution in [3.8, 4) is 0 Å². The van der Waals surface area contributed by atoms with E-state index in [1.54, 1.807) is 18.2 Å². The van der Waals surface area contributed by atoms with Gasteiger partial charge in [0.2, 0.25) is 5.82 Å². The van der Waals surface area contributed by atoms with Crippen LogP contribution in [0.3, 0.4) is 0 Å². The van der Waals surface area contributed by atoms with Crippen molar-refractivity contribution in [2.24, 2.45) is 0 Å². The predicted octanol–water partition coefficient (Wildman–Crippen LogP) is 2.47. The van der Waals surface area contributed by atoms with E-state index in [2.05, 4.69) is 25.5 Å². The lowest BCUT2D eigenvalue weighted by molar-refractivity contribution is -0.114. The number of carbonyl (C=O) groups excluding carboxylic acids is 1. The molecule has 4 rings (SSSR count). The van der Waals surface area contributed by atoms with Gasteiger partial charge in [0.05, 0.1) is 19.3 Å². The summed E-state index contributed by atoms with van der Waals surface area (Å²) in [6, 6.07) is 9.99. The fraction of sp³-hybridized carbons (Fsp3) is 0.364. The molecule has 1 saturated heterocycles. The second kappa shape index (κ2) is 8.23. The van der Waals surface area contributed by atoms with Crippen LogP contribution in [-0.2, 0) is 16.8 Å². The van der Waals surface area contributed by atoms with Crippen LogP contribution in [0.2, 0.25) is 0 Å². The summed E-state index contributed by atoms with van der Waals surface area (Å²) >= 11 is 0. The zero-order chi connectivity index (χ0) is 21.1. The Bertz CT molecular complexity index is 1010. The summed E-state index contributed by atoms with van der Waals surface area (Å²) in [6.07, 6.45) is 4.47. The molecule has 8 nitrogen and oxygen atoms in total. The van der Waals surface area contributed by atoms with Crippen molar-refractivity contribution in [1.82, 2.24) is 25.1 Å². The van der Waals surface area contributed by atoms with Crippen molar-refractivity contribution in [3.63, 3.8) is 0 Å². The first kappa shape index (κ1) is 20.0. The van der Waals surface area contributed by atoms with Crippen molar-refractivity contribution in [2.45, 2.75) is 25.9 Å². The van der Waals surface area contributed by atoms with Gasteiger partial charge in [0.1, 0.15) is 11.4 Å². The molecule has 1 aliphatic heterocycles. The number of hydrogen-bond donors (Lipinski definition) is 2. The zero-order valence-electron chi connectivity index (χ0n) is 17.5. The minimum Gasteiger partial charge on any atom is -0.370 e. The van der Waals surface area contributed by atoms with Crippen molar-refractivity contribution >= 4 is 11.7 Å². The van der Waals surface area contributed by atoms with Crippen LogP contribution >= 0.6 is 0 Å². The normalized spacial score (nSPS) is 15.0. The number of hydrogen-bond acceptors (Lipinski definition) is 6. The molecule has 1 amide bonds. The maximum atomic E-state index is 13.0. The number of carbonyl (C=O) groups is 1. The molecule has 30 heavy (non-hydrogen) atoms. The molecule has 0 aliphatic carbocycles. The molecule has 3 heterocycles. The molecule has 8 heteroatoms. The Kier molecular flexibility index (Phi) is 5.50. The molecule has 2 aromatic heterocycles.